The number of nitrogens with one attached hydrogen (secondary N) is 1. The van der Waals surface area contributed by atoms with E-state index in [1.54, 1.807) is 0 Å². The normalized spacial score (nSPS) is 13.2. The molecule has 6 aromatic rings. The number of azo groups is 3. The molecule has 0 amide bonds. The molecular weight excluding hydrogens is 1060 g/mol. The van der Waals surface area contributed by atoms with Crippen molar-refractivity contribution in [3.05, 3.63) is 97.1 Å². The van der Waals surface area contributed by atoms with Crippen molar-refractivity contribution in [2.45, 2.75) is 24.5 Å². The zero-order valence-electron chi connectivity index (χ0n) is 34.3. The summed E-state index contributed by atoms with van der Waals surface area (Å²) in [5.41, 5.74) is 2.93. The third-order valence-electron chi connectivity index (χ3n) is 9.05. The average Bonchev–Trinajstić information content (AvgIpc) is 3.24. The van der Waals surface area contributed by atoms with E-state index in [0.29, 0.717) is 6.07 Å². The first kappa shape index (κ1) is 52.3. The van der Waals surface area contributed by atoms with Gasteiger partial charge in [-0.05, 0) is 102 Å². The number of sulfonamides is 1. The molecule has 0 aliphatic heterocycles. The summed E-state index contributed by atoms with van der Waals surface area (Å²) in [6.45, 7) is -1.05. The third-order valence-corrected chi connectivity index (χ3v) is 15.2. The molecule has 0 bridgehead atoms. The maximum atomic E-state index is 13.2. The predicted molar refractivity (Wildman–Crippen MR) is 241 cm³/mol. The van der Waals surface area contributed by atoms with E-state index in [1.165, 1.54) is 24.3 Å². The van der Waals surface area contributed by atoms with Crippen molar-refractivity contribution in [1.82, 2.24) is 0 Å². The smallest absolute Gasteiger partial charge is 0.397 e. The van der Waals surface area contributed by atoms with Crippen LogP contribution in [0.2, 0.25) is 0 Å². The third kappa shape index (κ3) is 12.4. The van der Waals surface area contributed by atoms with E-state index in [1.807, 2.05) is 0 Å². The Morgan fingerprint density at radius 3 is 1.64 bits per heavy atom. The molecule has 0 fully saturated rings. The van der Waals surface area contributed by atoms with Crippen LogP contribution in [0.15, 0.2) is 152 Å². The van der Waals surface area contributed by atoms with E-state index < -0.39 is 133 Å². The van der Waals surface area contributed by atoms with Crippen molar-refractivity contribution in [1.29, 1.82) is 0 Å². The quantitative estimate of drug-likeness (QED) is 0.0291. The van der Waals surface area contributed by atoms with Crippen molar-refractivity contribution in [3.63, 3.8) is 0 Å². The Labute approximate surface area is 395 Å². The fraction of sp³-hybridized carbons (Fsp3) is 0.0556. The highest BCUT2D eigenvalue weighted by atomic mass is 32.3. The molecule has 0 heterocycles. The molecule has 6 aromatic carbocycles. The zero-order chi connectivity index (χ0) is 51.8. The SMILES string of the molecule is Nc1cc(S(=O)(=O)O)cc2cc(S(=O)(=O)O)c(/N=N/c3ccc(S(=O)(=O)Nc4ccc(/N=N/c5ccc(O)c(/N=N/c6ccc(S(=O)(=O)CCOS(=O)(=O)O)cc6S(=O)(=O)O)c5O)cc4)cc3)c(O)c12. The number of nitrogen functional groups attached to an aromatic ring is 1. The standard InChI is InChI=1S/C36H30N8O20S6/c37-26-17-25(67(52,53)54)15-19-16-31(69(58,59)60)34(36(47)32(19)26)43-39-21-5-7-23(8-6-21)66(50,51)44-22-3-1-20(2-4-22)38-41-28-11-12-29(45)33(35(28)46)42-40-27-10-9-24(18-30(27)68(55,56)57)65(48,49)14-13-64-70(61,62)63/h1-12,15-18,44-47H,13-14,37H2,(H,52,53,54)(H,55,56,57)(H,58,59,60)(H,61,62,63)/b41-38+,42-40+,43-39+. The lowest BCUT2D eigenvalue weighted by atomic mass is 10.1. The monoisotopic (exact) mass is 1090 g/mol. The first-order valence-corrected chi connectivity index (χ1v) is 27.2. The van der Waals surface area contributed by atoms with E-state index in [2.05, 4.69) is 39.6 Å². The van der Waals surface area contributed by atoms with Crippen LogP contribution in [0.1, 0.15) is 0 Å². The molecule has 0 atom stereocenters. The summed E-state index contributed by atoms with van der Waals surface area (Å²) in [6, 6.07) is 16.1. The van der Waals surface area contributed by atoms with E-state index in [4.69, 9.17) is 10.3 Å². The minimum atomic E-state index is -5.22. The summed E-state index contributed by atoms with van der Waals surface area (Å²) in [5, 5.41) is 54.0. The van der Waals surface area contributed by atoms with Gasteiger partial charge in [-0.1, -0.05) is 0 Å². The Morgan fingerprint density at radius 1 is 0.514 bits per heavy atom. The maximum absolute atomic E-state index is 13.2. The van der Waals surface area contributed by atoms with Crippen LogP contribution in [-0.4, -0.2) is 96.4 Å². The zero-order valence-corrected chi connectivity index (χ0v) is 39.2. The molecule has 370 valence electrons. The number of hydrogen-bond acceptors (Lipinski definition) is 23. The van der Waals surface area contributed by atoms with Gasteiger partial charge < -0.3 is 21.1 Å². The minimum Gasteiger partial charge on any atom is -0.505 e. The number of benzene rings is 6. The first-order valence-electron chi connectivity index (χ1n) is 18.4. The second-order valence-corrected chi connectivity index (χ2v) is 22.9. The van der Waals surface area contributed by atoms with Gasteiger partial charge >= 0.3 is 10.4 Å². The number of phenols is 3. The fourth-order valence-electron chi connectivity index (χ4n) is 5.84. The largest absolute Gasteiger partial charge is 0.505 e. The van der Waals surface area contributed by atoms with Crippen LogP contribution in [0.5, 0.6) is 17.2 Å². The summed E-state index contributed by atoms with van der Waals surface area (Å²) >= 11 is 0. The van der Waals surface area contributed by atoms with Gasteiger partial charge in [0.1, 0.15) is 32.6 Å². The molecule has 0 aromatic heterocycles. The van der Waals surface area contributed by atoms with Crippen molar-refractivity contribution < 1.29 is 88.2 Å². The van der Waals surface area contributed by atoms with Crippen LogP contribution in [0, 0.1) is 0 Å². The van der Waals surface area contributed by atoms with Crippen molar-refractivity contribution >= 4 is 117 Å². The van der Waals surface area contributed by atoms with Gasteiger partial charge in [-0.2, -0.15) is 43.9 Å². The second kappa shape index (κ2) is 19.3. The Balaban J connectivity index is 1.16. The lowest BCUT2D eigenvalue weighted by Crippen LogP contribution is -2.16. The maximum Gasteiger partial charge on any atom is 0.397 e. The topological polar surface area (TPSA) is 468 Å². The van der Waals surface area contributed by atoms with Gasteiger partial charge in [-0.3, -0.25) is 22.9 Å². The highest BCUT2D eigenvalue weighted by Crippen LogP contribution is 2.46. The molecular formula is C36H30N8O20S6. The molecule has 28 nitrogen and oxygen atoms in total. The minimum absolute atomic E-state index is 0.0199. The summed E-state index contributed by atoms with van der Waals surface area (Å²) in [4.78, 5) is -3.91. The molecule has 0 saturated carbocycles. The molecule has 6 rings (SSSR count). The van der Waals surface area contributed by atoms with Crippen molar-refractivity contribution in [3.8, 4) is 17.2 Å². The lowest BCUT2D eigenvalue weighted by molar-refractivity contribution is 0.284. The molecule has 0 radical (unpaired) electrons. The number of hydrogen-bond donors (Lipinski definition) is 9. The van der Waals surface area contributed by atoms with Crippen molar-refractivity contribution in [2.24, 2.45) is 30.7 Å². The van der Waals surface area contributed by atoms with Gasteiger partial charge in [0, 0.05) is 16.8 Å². The average molecular weight is 1090 g/mol. The van der Waals surface area contributed by atoms with Crippen LogP contribution in [-0.2, 0) is 64.8 Å². The summed E-state index contributed by atoms with van der Waals surface area (Å²) in [6.07, 6.45) is 0. The number of fused-ring (bicyclic) bond motifs is 1. The molecule has 0 unspecified atom stereocenters. The van der Waals surface area contributed by atoms with Crippen LogP contribution in [0.3, 0.4) is 0 Å². The van der Waals surface area contributed by atoms with Gasteiger partial charge in [-0.15, -0.1) is 20.5 Å². The summed E-state index contributed by atoms with van der Waals surface area (Å²) in [5.74, 6) is -3.55. The first-order chi connectivity index (χ1) is 32.3. The lowest BCUT2D eigenvalue weighted by Gasteiger charge is -2.12. The molecule has 0 spiro atoms. The number of phenolic OH excluding ortho intramolecular Hbond substituents is 3. The Kier molecular flexibility index (Phi) is 14.4. The fourth-order valence-corrected chi connectivity index (χ4v) is 10.3. The number of aromatic hydroxyl groups is 3. The molecule has 10 N–H and O–H groups in total. The predicted octanol–water partition coefficient (Wildman–Crippen LogP) is 5.92. The summed E-state index contributed by atoms with van der Waals surface area (Å²) in [7, 11) is -29.0. The van der Waals surface area contributed by atoms with E-state index in [-0.39, 0.29) is 38.4 Å². The van der Waals surface area contributed by atoms with Crippen LogP contribution >= 0.6 is 0 Å². The van der Waals surface area contributed by atoms with Gasteiger partial charge in [0.25, 0.3) is 40.4 Å². The number of nitrogens with zero attached hydrogens (tertiary/aromatic N) is 6. The molecule has 0 aliphatic carbocycles. The second-order valence-electron chi connectivity index (χ2n) is 13.9. The molecule has 34 heteroatoms. The summed E-state index contributed by atoms with van der Waals surface area (Å²) < 4.78 is 189. The Hall–Kier alpha value is -7.12. The van der Waals surface area contributed by atoms with Crippen LogP contribution in [0.25, 0.3) is 10.8 Å². The van der Waals surface area contributed by atoms with Gasteiger partial charge in [0.15, 0.2) is 27.0 Å². The Morgan fingerprint density at radius 2 is 1.06 bits per heavy atom. The van der Waals surface area contributed by atoms with E-state index in [9.17, 15) is 79.5 Å². The highest BCUT2D eigenvalue weighted by Gasteiger charge is 2.26. The molecule has 0 saturated heterocycles. The highest BCUT2D eigenvalue weighted by molar-refractivity contribution is 7.92. The molecule has 70 heavy (non-hydrogen) atoms. The molecule has 0 aliphatic rings. The number of anilines is 2. The Bertz CT molecular complexity index is 3890. The van der Waals surface area contributed by atoms with Gasteiger partial charge in [0.2, 0.25) is 0 Å². The van der Waals surface area contributed by atoms with Gasteiger partial charge in [0.05, 0.1) is 38.4 Å². The van der Waals surface area contributed by atoms with Crippen LogP contribution < -0.4 is 10.5 Å². The van der Waals surface area contributed by atoms with Gasteiger partial charge in [-0.25, -0.2) is 21.0 Å². The van der Waals surface area contributed by atoms with E-state index in [0.717, 1.165) is 66.7 Å². The van der Waals surface area contributed by atoms with Crippen LogP contribution in [0.4, 0.5) is 45.5 Å². The van der Waals surface area contributed by atoms with E-state index >= 15 is 0 Å². The van der Waals surface area contributed by atoms with Crippen molar-refractivity contribution in [2.75, 3.05) is 22.8 Å². The number of rotatable bonds is 17. The number of nitrogens with two attached hydrogens (primary N) is 1. The number of sulfone groups is 1.